The van der Waals surface area contributed by atoms with Crippen LogP contribution in [0.3, 0.4) is 0 Å². The summed E-state index contributed by atoms with van der Waals surface area (Å²) in [5, 5.41) is 0. The van der Waals surface area contributed by atoms with Gasteiger partial charge in [-0.3, -0.25) is 0 Å². The van der Waals surface area contributed by atoms with Crippen LogP contribution in [0.15, 0.2) is 21.7 Å². The summed E-state index contributed by atoms with van der Waals surface area (Å²) in [5.74, 6) is 0. The van der Waals surface area contributed by atoms with E-state index < -0.39 is 0 Å². The van der Waals surface area contributed by atoms with E-state index in [0.717, 1.165) is 0 Å². The predicted octanol–water partition coefficient (Wildman–Crippen LogP) is 1.35. The zero-order chi connectivity index (χ0) is 13.7. The fraction of sp³-hybridized carbons (Fsp3) is 0.733. The van der Waals surface area contributed by atoms with E-state index in [1.807, 2.05) is 0 Å². The Labute approximate surface area is 116 Å². The van der Waals surface area contributed by atoms with Gasteiger partial charge in [-0.05, 0) is 25.7 Å². The molecule has 0 aromatic carbocycles. The van der Waals surface area contributed by atoms with Crippen LogP contribution in [-0.4, -0.2) is 13.9 Å². The van der Waals surface area contributed by atoms with Gasteiger partial charge in [0, 0.05) is 17.9 Å². The lowest BCUT2D eigenvalue weighted by atomic mass is 9.37. The first kappa shape index (κ1) is 11.2. The van der Waals surface area contributed by atoms with Gasteiger partial charge < -0.3 is 0 Å². The number of hydrogen-bond acceptors (Lipinski definition) is 2. The van der Waals surface area contributed by atoms with Gasteiger partial charge in [0.1, 0.15) is 0 Å². The Balaban J connectivity index is 1.89. The fourth-order valence-corrected chi connectivity index (χ4v) is 5.87. The van der Waals surface area contributed by atoms with Crippen LogP contribution in [0.25, 0.3) is 0 Å². The lowest BCUT2D eigenvalue weighted by Crippen LogP contribution is -2.68. The Kier molecular flexibility index (Phi) is 1.70. The van der Waals surface area contributed by atoms with E-state index in [4.69, 9.17) is 0 Å². The zero-order valence-electron chi connectivity index (χ0n) is 11.7. The molecule has 2 aliphatic heterocycles. The van der Waals surface area contributed by atoms with Crippen LogP contribution < -0.4 is 11.4 Å². The summed E-state index contributed by atoms with van der Waals surface area (Å²) in [6.07, 6.45) is 11.8. The van der Waals surface area contributed by atoms with E-state index in [1.165, 1.54) is 43.1 Å². The van der Waals surface area contributed by atoms with Crippen molar-refractivity contribution in [2.45, 2.75) is 50.6 Å². The van der Waals surface area contributed by atoms with Crippen molar-refractivity contribution < 1.29 is 0 Å². The quantitative estimate of drug-likeness (QED) is 0.670. The zero-order valence-corrected chi connectivity index (χ0v) is 11.7. The van der Waals surface area contributed by atoms with Crippen molar-refractivity contribution in [2.75, 3.05) is 0 Å². The van der Waals surface area contributed by atoms with Gasteiger partial charge in [0.25, 0.3) is 0 Å². The number of rotatable bonds is 0. The van der Waals surface area contributed by atoms with Gasteiger partial charge in [0.15, 0.2) is 0 Å². The normalized spacial score (nSPS) is 43.6. The second kappa shape index (κ2) is 3.05. The van der Waals surface area contributed by atoms with Gasteiger partial charge in [-0.2, -0.15) is 0 Å². The molecule has 1 aromatic rings. The average Bonchev–Trinajstić information content (AvgIpc) is 2.67. The number of nitrogens with zero attached hydrogens (tertiary/aromatic N) is 3. The van der Waals surface area contributed by atoms with Gasteiger partial charge in [-0.15, -0.1) is 0 Å². The molecule has 106 valence electrons. The molecule has 0 amide bonds. The highest BCUT2D eigenvalue weighted by Gasteiger charge is 2.70. The fourth-order valence-electron chi connectivity index (χ4n) is 5.87. The second-order valence-electron chi connectivity index (χ2n) is 7.11. The van der Waals surface area contributed by atoms with E-state index in [2.05, 4.69) is 12.2 Å². The van der Waals surface area contributed by atoms with Crippen LogP contribution in [0.4, 0.5) is 0 Å². The third-order valence-electron chi connectivity index (χ3n) is 6.84. The van der Waals surface area contributed by atoms with E-state index in [9.17, 15) is 9.59 Å². The van der Waals surface area contributed by atoms with E-state index in [1.54, 1.807) is 16.4 Å². The molecule has 0 spiro atoms. The molecule has 5 aliphatic rings. The maximum absolute atomic E-state index is 12.4. The first-order valence-corrected chi connectivity index (χ1v) is 7.71. The Morgan fingerprint density at radius 1 is 0.900 bits per heavy atom. The molecule has 5 nitrogen and oxygen atoms in total. The minimum atomic E-state index is -0.144. The monoisotopic (exact) mass is 273 g/mol. The van der Waals surface area contributed by atoms with Crippen molar-refractivity contribution in [3.63, 3.8) is 0 Å². The van der Waals surface area contributed by atoms with Crippen molar-refractivity contribution in [2.24, 2.45) is 17.9 Å². The summed E-state index contributed by atoms with van der Waals surface area (Å²) >= 11 is 0. The summed E-state index contributed by atoms with van der Waals surface area (Å²) in [4.78, 5) is 24.9. The summed E-state index contributed by atoms with van der Waals surface area (Å²) in [5.41, 5.74) is 0.217. The average molecular weight is 273 g/mol. The van der Waals surface area contributed by atoms with Crippen LogP contribution in [0.5, 0.6) is 0 Å². The topological polar surface area (TPSA) is 48.9 Å². The molecule has 2 saturated carbocycles. The van der Waals surface area contributed by atoms with Crippen molar-refractivity contribution in [3.8, 4) is 0 Å². The van der Waals surface area contributed by atoms with Crippen LogP contribution >= 0.6 is 0 Å². The SMILES string of the molecule is Cn1c(=O)n2n(c1=O)[C@@H]1C=CC2C23CCCC[C@@]12CC3. The highest BCUT2D eigenvalue weighted by atomic mass is 16.2. The molecule has 20 heavy (non-hydrogen) atoms. The lowest BCUT2D eigenvalue weighted by Gasteiger charge is -2.71. The Bertz CT molecular complexity index is 706. The maximum atomic E-state index is 12.4. The molecule has 4 atom stereocenters. The summed E-state index contributed by atoms with van der Waals surface area (Å²) in [6.45, 7) is 0. The van der Waals surface area contributed by atoms with Gasteiger partial charge in [0.2, 0.25) is 0 Å². The molecule has 0 saturated heterocycles. The molecule has 0 N–H and O–H groups in total. The first-order chi connectivity index (χ1) is 9.62. The summed E-state index contributed by atoms with van der Waals surface area (Å²) < 4.78 is 4.79. The highest BCUT2D eigenvalue weighted by molar-refractivity contribution is 5.29. The summed E-state index contributed by atoms with van der Waals surface area (Å²) in [6, 6.07) is 0.200. The minimum Gasteiger partial charge on any atom is -0.246 e. The Morgan fingerprint density at radius 3 is 1.75 bits per heavy atom. The molecule has 5 heteroatoms. The van der Waals surface area contributed by atoms with Crippen molar-refractivity contribution in [3.05, 3.63) is 33.1 Å². The molecule has 6 rings (SSSR count). The number of hydrogen-bond donors (Lipinski definition) is 0. The van der Waals surface area contributed by atoms with Crippen molar-refractivity contribution in [1.82, 2.24) is 13.9 Å². The summed E-state index contributed by atoms with van der Waals surface area (Å²) in [7, 11) is 1.60. The Morgan fingerprint density at radius 2 is 1.35 bits per heavy atom. The molecule has 0 radical (unpaired) electrons. The van der Waals surface area contributed by atoms with Gasteiger partial charge >= 0.3 is 11.4 Å². The standard InChI is InChI=1S/C15H19N3O2/c1-16-12(19)17-10-4-5-11(18(17)13(16)20)15-7-3-2-6-14(10,15)8-9-15/h4-5,10-11H,2-3,6-9H2,1H3/t10-,11?,14-,15?/m1/s1. The van der Waals surface area contributed by atoms with Crippen molar-refractivity contribution in [1.29, 1.82) is 0 Å². The second-order valence-corrected chi connectivity index (χ2v) is 7.11. The van der Waals surface area contributed by atoms with Crippen LogP contribution in [0.1, 0.15) is 50.6 Å². The molecule has 1 aromatic heterocycles. The van der Waals surface area contributed by atoms with E-state index in [0.29, 0.717) is 0 Å². The van der Waals surface area contributed by atoms with Gasteiger partial charge in [-0.1, -0.05) is 25.0 Å². The molecular weight excluding hydrogens is 254 g/mol. The predicted molar refractivity (Wildman–Crippen MR) is 73.7 cm³/mol. The van der Waals surface area contributed by atoms with Crippen LogP contribution in [0.2, 0.25) is 0 Å². The molecule has 2 bridgehead atoms. The largest absolute Gasteiger partial charge is 0.347 e. The smallest absolute Gasteiger partial charge is 0.246 e. The van der Waals surface area contributed by atoms with E-state index in [-0.39, 0.29) is 34.3 Å². The number of allylic oxidation sites excluding steroid dienone is 2. The third kappa shape index (κ3) is 0.842. The first-order valence-electron chi connectivity index (χ1n) is 7.71. The lowest BCUT2D eigenvalue weighted by molar-refractivity contribution is -0.202. The van der Waals surface area contributed by atoms with Crippen LogP contribution in [0, 0.1) is 10.8 Å². The third-order valence-corrected chi connectivity index (χ3v) is 6.84. The molecule has 3 aliphatic carbocycles. The van der Waals surface area contributed by atoms with Gasteiger partial charge in [0.05, 0.1) is 12.1 Å². The molecule has 2 fully saturated rings. The molecule has 2 unspecified atom stereocenters. The number of aromatic nitrogens is 3. The van der Waals surface area contributed by atoms with E-state index >= 15 is 0 Å². The highest BCUT2D eigenvalue weighted by Crippen LogP contribution is 2.76. The molecular formula is C15H19N3O2. The van der Waals surface area contributed by atoms with Crippen LogP contribution in [-0.2, 0) is 7.05 Å². The Hall–Kier alpha value is -1.52. The molecule has 3 heterocycles. The van der Waals surface area contributed by atoms with Gasteiger partial charge in [-0.25, -0.2) is 23.5 Å². The van der Waals surface area contributed by atoms with Crippen molar-refractivity contribution >= 4 is 0 Å². The minimum absolute atomic E-state index is 0.1000. The maximum Gasteiger partial charge on any atom is 0.347 e.